The van der Waals surface area contributed by atoms with Crippen molar-refractivity contribution in [3.8, 4) is 16.9 Å². The molecule has 11 heteroatoms. The zero-order chi connectivity index (χ0) is 38.8. The Bertz CT molecular complexity index is 1710. The largest absolute Gasteiger partial charge is 0.492 e. The van der Waals surface area contributed by atoms with E-state index in [-0.39, 0.29) is 38.2 Å². The minimum absolute atomic E-state index is 0.00859. The molecule has 0 amide bonds. The van der Waals surface area contributed by atoms with Crippen molar-refractivity contribution < 1.29 is 52.4 Å². The summed E-state index contributed by atoms with van der Waals surface area (Å²) in [6.07, 6.45) is 4.82. The number of esters is 3. The Balaban J connectivity index is 1.91. The lowest BCUT2D eigenvalue weighted by molar-refractivity contribution is -0.169. The van der Waals surface area contributed by atoms with Crippen molar-refractivity contribution in [1.82, 2.24) is 0 Å². The van der Waals surface area contributed by atoms with Gasteiger partial charge in [0, 0.05) is 32.6 Å². The summed E-state index contributed by atoms with van der Waals surface area (Å²) in [6, 6.07) is 18.8. The second-order valence-corrected chi connectivity index (χ2v) is 13.2. The van der Waals surface area contributed by atoms with E-state index in [1.807, 2.05) is 25.1 Å². The van der Waals surface area contributed by atoms with E-state index >= 15 is 0 Å². The number of hydrogen-bond donors (Lipinski definition) is 0. The van der Waals surface area contributed by atoms with Gasteiger partial charge in [-0.05, 0) is 77.4 Å². The molecule has 0 heterocycles. The molecule has 0 saturated carbocycles. The molecule has 0 aromatic heterocycles. The van der Waals surface area contributed by atoms with E-state index in [2.05, 4.69) is 49.9 Å². The van der Waals surface area contributed by atoms with Gasteiger partial charge in [-0.15, -0.1) is 0 Å². The monoisotopic (exact) mass is 732 g/mol. The number of aryl methyl sites for hydroxylation is 2. The number of carbonyl (C=O) groups is 5. The minimum atomic E-state index is -1.53. The fourth-order valence-corrected chi connectivity index (χ4v) is 5.40. The van der Waals surface area contributed by atoms with E-state index < -0.39 is 54.7 Å². The number of hydrogen-bond acceptors (Lipinski definition) is 11. The van der Waals surface area contributed by atoms with Gasteiger partial charge >= 0.3 is 17.9 Å². The van der Waals surface area contributed by atoms with Crippen LogP contribution in [0.1, 0.15) is 64.0 Å². The van der Waals surface area contributed by atoms with E-state index in [0.29, 0.717) is 12.2 Å². The van der Waals surface area contributed by atoms with Crippen LogP contribution in [-0.2, 0) is 60.5 Å². The Labute approximate surface area is 311 Å². The van der Waals surface area contributed by atoms with Crippen LogP contribution < -0.4 is 4.74 Å². The van der Waals surface area contributed by atoms with Crippen molar-refractivity contribution in [2.75, 3.05) is 53.9 Å². The molecule has 0 atom stereocenters. The molecule has 0 N–H and O–H groups in total. The van der Waals surface area contributed by atoms with E-state index in [0.717, 1.165) is 28.5 Å². The molecule has 0 bridgehead atoms. The fraction of sp³-hybridized carbons (Fsp3) is 0.452. The van der Waals surface area contributed by atoms with Crippen molar-refractivity contribution in [1.29, 1.82) is 0 Å². The topological polar surface area (TPSA) is 141 Å². The predicted molar refractivity (Wildman–Crippen MR) is 201 cm³/mol. The molecule has 3 rings (SSSR count). The van der Waals surface area contributed by atoms with Crippen LogP contribution in [0.3, 0.4) is 0 Å². The van der Waals surface area contributed by atoms with Crippen molar-refractivity contribution in [3.05, 3.63) is 77.9 Å². The van der Waals surface area contributed by atoms with E-state index in [9.17, 15) is 24.0 Å². The lowest BCUT2D eigenvalue weighted by Gasteiger charge is -2.32. The molecule has 53 heavy (non-hydrogen) atoms. The summed E-state index contributed by atoms with van der Waals surface area (Å²) in [6.45, 7) is 7.40. The Kier molecular flexibility index (Phi) is 17.3. The summed E-state index contributed by atoms with van der Waals surface area (Å²) >= 11 is 0. The first-order chi connectivity index (χ1) is 25.4. The highest BCUT2D eigenvalue weighted by Crippen LogP contribution is 2.32. The van der Waals surface area contributed by atoms with Gasteiger partial charge in [-0.25, -0.2) is 14.4 Å². The third kappa shape index (κ3) is 13.2. The van der Waals surface area contributed by atoms with E-state index in [4.69, 9.17) is 28.4 Å². The Morgan fingerprint density at radius 2 is 1.21 bits per heavy atom. The van der Waals surface area contributed by atoms with Crippen molar-refractivity contribution in [2.24, 2.45) is 5.41 Å². The van der Waals surface area contributed by atoms with Gasteiger partial charge in [-0.1, -0.05) is 69.7 Å². The number of ketones is 2. The van der Waals surface area contributed by atoms with E-state index in [1.165, 1.54) is 51.4 Å². The lowest BCUT2D eigenvalue weighted by atomic mass is 9.91. The molecule has 0 unspecified atom stereocenters. The van der Waals surface area contributed by atoms with Crippen LogP contribution in [-0.4, -0.2) is 83.3 Å². The number of rotatable bonds is 24. The highest BCUT2D eigenvalue weighted by molar-refractivity contribution is 6.34. The predicted octanol–water partition coefficient (Wildman–Crippen LogP) is 6.58. The summed E-state index contributed by atoms with van der Waals surface area (Å²) in [7, 11) is 2.78. The zero-order valence-electron chi connectivity index (χ0n) is 31.6. The second kappa shape index (κ2) is 21.6. The van der Waals surface area contributed by atoms with Crippen LogP contribution in [0.5, 0.6) is 5.75 Å². The van der Waals surface area contributed by atoms with Gasteiger partial charge in [0.25, 0.3) is 0 Å². The number of unbranched alkanes of at least 4 members (excludes halogenated alkanes) is 2. The maximum Gasteiger partial charge on any atom is 0.374 e. The van der Waals surface area contributed by atoms with Crippen LogP contribution in [0, 0.1) is 5.41 Å². The number of methoxy groups -OCH3 is 2. The molecule has 0 radical (unpaired) electrons. The first kappa shape index (κ1) is 42.5. The number of benzene rings is 3. The third-order valence-electron chi connectivity index (χ3n) is 8.68. The van der Waals surface area contributed by atoms with Gasteiger partial charge < -0.3 is 28.4 Å². The van der Waals surface area contributed by atoms with Crippen LogP contribution in [0.15, 0.2) is 66.7 Å². The molecule has 0 spiro atoms. The quantitative estimate of drug-likeness (QED) is 0.0324. The molecule has 11 nitrogen and oxygen atoms in total. The van der Waals surface area contributed by atoms with Crippen LogP contribution in [0.2, 0.25) is 0 Å². The van der Waals surface area contributed by atoms with Gasteiger partial charge in [0.2, 0.25) is 11.6 Å². The van der Waals surface area contributed by atoms with Gasteiger partial charge in [-0.2, -0.15) is 0 Å². The standard InChI is InChI=1S/C42H52O11/c1-7-9-10-11-30-12-13-33-24-34(15-14-32(33)22-30)35-16-17-38(31(8-2)23-35)50-25-42(26-51-39(45)29(3)4,27-52-40(46)36(43)18-20-48-5)28-53-41(47)37(44)19-21-49-6/h12-17,22-24H,3,7-11,18-21,25-28H2,1-2,4-6H3. The van der Waals surface area contributed by atoms with Gasteiger partial charge in [0.1, 0.15) is 37.6 Å². The average molecular weight is 733 g/mol. The Morgan fingerprint density at radius 3 is 1.77 bits per heavy atom. The molecule has 0 aliphatic rings. The highest BCUT2D eigenvalue weighted by Gasteiger charge is 2.39. The van der Waals surface area contributed by atoms with E-state index in [1.54, 1.807) is 0 Å². The number of carbonyl (C=O) groups excluding carboxylic acids is 5. The normalized spacial score (nSPS) is 11.2. The molecular formula is C42H52O11. The number of fused-ring (bicyclic) bond motifs is 1. The molecule has 0 fully saturated rings. The fourth-order valence-electron chi connectivity index (χ4n) is 5.40. The van der Waals surface area contributed by atoms with Crippen molar-refractivity contribution in [3.63, 3.8) is 0 Å². The summed E-state index contributed by atoms with van der Waals surface area (Å²) in [5, 5.41) is 2.32. The summed E-state index contributed by atoms with van der Waals surface area (Å²) < 4.78 is 32.3. The molecule has 0 aliphatic heterocycles. The summed E-state index contributed by atoms with van der Waals surface area (Å²) in [4.78, 5) is 62.5. The van der Waals surface area contributed by atoms with Crippen molar-refractivity contribution >= 4 is 40.2 Å². The van der Waals surface area contributed by atoms with Crippen LogP contribution in [0.4, 0.5) is 0 Å². The summed E-state index contributed by atoms with van der Waals surface area (Å²) in [5.74, 6) is -4.23. The minimum Gasteiger partial charge on any atom is -0.492 e. The zero-order valence-corrected chi connectivity index (χ0v) is 31.6. The highest BCUT2D eigenvalue weighted by atomic mass is 16.6. The van der Waals surface area contributed by atoms with Gasteiger partial charge in [0.15, 0.2) is 0 Å². The number of Topliss-reactive ketones (excluding diaryl/α,β-unsaturated/α-hetero) is 2. The van der Waals surface area contributed by atoms with Gasteiger partial charge in [-0.3, -0.25) is 9.59 Å². The van der Waals surface area contributed by atoms with Crippen molar-refractivity contribution in [2.45, 2.75) is 65.7 Å². The number of ether oxygens (including phenoxy) is 6. The molecule has 0 saturated heterocycles. The summed E-state index contributed by atoms with van der Waals surface area (Å²) in [5.41, 5.74) is 2.78. The molecular weight excluding hydrogens is 680 g/mol. The molecule has 3 aromatic carbocycles. The second-order valence-electron chi connectivity index (χ2n) is 13.2. The first-order valence-electron chi connectivity index (χ1n) is 17.9. The Hall–Kier alpha value is -4.87. The third-order valence-corrected chi connectivity index (χ3v) is 8.68. The van der Waals surface area contributed by atoms with Crippen LogP contribution in [0.25, 0.3) is 21.9 Å². The molecule has 0 aliphatic carbocycles. The maximum atomic E-state index is 12.6. The maximum absolute atomic E-state index is 12.6. The lowest BCUT2D eigenvalue weighted by Crippen LogP contribution is -2.45. The van der Waals surface area contributed by atoms with Gasteiger partial charge in [0.05, 0.1) is 13.2 Å². The first-order valence-corrected chi connectivity index (χ1v) is 17.9. The molecule has 286 valence electrons. The smallest absolute Gasteiger partial charge is 0.374 e. The average Bonchev–Trinajstić information content (AvgIpc) is 3.17. The van der Waals surface area contributed by atoms with Crippen LogP contribution >= 0.6 is 0 Å². The Morgan fingerprint density at radius 1 is 0.660 bits per heavy atom. The SMILES string of the molecule is C=C(C)C(=O)OCC(COC(=O)C(=O)CCOC)(COC(=O)C(=O)CCOC)COc1ccc(-c2ccc3cc(CCCCC)ccc3c2)cc1CC. The molecule has 3 aromatic rings.